The number of ether oxygens (including phenoxy) is 1. The number of para-hydroxylation sites is 1. The lowest BCUT2D eigenvalue weighted by Crippen LogP contribution is -2.36. The number of aliphatic hydroxyl groups is 1. The molecule has 1 saturated carbocycles. The highest BCUT2D eigenvalue weighted by atomic mass is 32.1. The summed E-state index contributed by atoms with van der Waals surface area (Å²) >= 11 is 1.80. The first-order valence-electron chi connectivity index (χ1n) is 8.45. The van der Waals surface area contributed by atoms with Gasteiger partial charge in [-0.1, -0.05) is 37.1 Å². The van der Waals surface area contributed by atoms with Gasteiger partial charge in [0.15, 0.2) is 0 Å². The molecule has 2 atom stereocenters. The van der Waals surface area contributed by atoms with Crippen LogP contribution in [-0.2, 0) is 0 Å². The van der Waals surface area contributed by atoms with Crippen LogP contribution in [0.25, 0.3) is 0 Å². The van der Waals surface area contributed by atoms with E-state index in [1.54, 1.807) is 11.3 Å². The maximum atomic E-state index is 10.2. The summed E-state index contributed by atoms with van der Waals surface area (Å²) in [6, 6.07) is 14.3. The highest BCUT2D eigenvalue weighted by molar-refractivity contribution is 7.10. The van der Waals surface area contributed by atoms with Crippen LogP contribution in [0, 0.1) is 5.92 Å². The lowest BCUT2D eigenvalue weighted by atomic mass is 9.96. The van der Waals surface area contributed by atoms with E-state index in [-0.39, 0.29) is 0 Å². The van der Waals surface area contributed by atoms with Crippen LogP contribution in [-0.4, -0.2) is 24.4 Å². The molecule has 0 saturated heterocycles. The molecule has 2 unspecified atom stereocenters. The minimum atomic E-state index is -0.501. The average molecular weight is 331 g/mol. The summed E-state index contributed by atoms with van der Waals surface area (Å²) < 4.78 is 5.63. The van der Waals surface area contributed by atoms with Gasteiger partial charge in [-0.2, -0.15) is 0 Å². The van der Waals surface area contributed by atoms with Crippen molar-refractivity contribution < 1.29 is 9.84 Å². The fourth-order valence-electron chi connectivity index (χ4n) is 3.29. The highest BCUT2D eigenvalue weighted by Gasteiger charge is 2.27. The van der Waals surface area contributed by atoms with E-state index >= 15 is 0 Å². The molecule has 2 aromatic rings. The average Bonchev–Trinajstić information content (AvgIpc) is 3.28. The molecular formula is C19H25NO2S. The van der Waals surface area contributed by atoms with Crippen LogP contribution in [0.5, 0.6) is 5.75 Å². The van der Waals surface area contributed by atoms with Crippen LogP contribution < -0.4 is 10.1 Å². The second-order valence-electron chi connectivity index (χ2n) is 6.22. The van der Waals surface area contributed by atoms with E-state index in [2.05, 4.69) is 22.8 Å². The monoisotopic (exact) mass is 331 g/mol. The molecule has 1 aliphatic rings. The molecule has 1 fully saturated rings. The molecule has 0 aliphatic heterocycles. The van der Waals surface area contributed by atoms with Gasteiger partial charge in [-0.15, -0.1) is 11.3 Å². The third-order valence-electron chi connectivity index (χ3n) is 4.48. The quantitative estimate of drug-likeness (QED) is 0.768. The third kappa shape index (κ3) is 4.80. The van der Waals surface area contributed by atoms with Crippen molar-refractivity contribution in [2.24, 2.45) is 5.92 Å². The largest absolute Gasteiger partial charge is 0.491 e. The Hall–Kier alpha value is -1.36. The lowest BCUT2D eigenvalue weighted by molar-refractivity contribution is 0.101. The zero-order chi connectivity index (χ0) is 15.9. The molecular weight excluding hydrogens is 306 g/mol. The van der Waals surface area contributed by atoms with Gasteiger partial charge in [0.2, 0.25) is 0 Å². The molecule has 3 rings (SSSR count). The van der Waals surface area contributed by atoms with Crippen LogP contribution in [0.4, 0.5) is 0 Å². The summed E-state index contributed by atoms with van der Waals surface area (Å²) in [7, 11) is 0. The third-order valence-corrected chi connectivity index (χ3v) is 5.44. The first-order valence-corrected chi connectivity index (χ1v) is 9.33. The Morgan fingerprint density at radius 3 is 2.61 bits per heavy atom. The van der Waals surface area contributed by atoms with Crippen LogP contribution in [0.3, 0.4) is 0 Å². The summed E-state index contributed by atoms with van der Waals surface area (Å²) in [5, 5.41) is 15.9. The molecule has 2 N–H and O–H groups in total. The van der Waals surface area contributed by atoms with E-state index in [1.165, 1.54) is 30.6 Å². The van der Waals surface area contributed by atoms with Gasteiger partial charge in [-0.3, -0.25) is 0 Å². The molecule has 0 bridgehead atoms. The minimum Gasteiger partial charge on any atom is -0.491 e. The Labute approximate surface area is 142 Å². The molecule has 1 heterocycles. The van der Waals surface area contributed by atoms with Crippen LogP contribution in [0.1, 0.15) is 36.6 Å². The summed E-state index contributed by atoms with van der Waals surface area (Å²) in [5.41, 5.74) is 0. The Kier molecular flexibility index (Phi) is 6.08. The van der Waals surface area contributed by atoms with Crippen molar-refractivity contribution >= 4 is 11.3 Å². The fourth-order valence-corrected chi connectivity index (χ4v) is 4.18. The van der Waals surface area contributed by atoms with Gasteiger partial charge in [-0.05, 0) is 42.3 Å². The molecule has 1 aliphatic carbocycles. The molecule has 1 aromatic carbocycles. The van der Waals surface area contributed by atoms with Crippen molar-refractivity contribution in [3.8, 4) is 5.75 Å². The summed E-state index contributed by atoms with van der Waals surface area (Å²) in [6.45, 7) is 0.880. The van der Waals surface area contributed by atoms with Crippen molar-refractivity contribution in [3.63, 3.8) is 0 Å². The number of benzene rings is 1. The van der Waals surface area contributed by atoms with Crippen molar-refractivity contribution in [1.82, 2.24) is 5.32 Å². The first kappa shape index (κ1) is 16.5. The highest BCUT2D eigenvalue weighted by Crippen LogP contribution is 2.37. The number of nitrogens with one attached hydrogen (secondary N) is 1. The van der Waals surface area contributed by atoms with Gasteiger partial charge >= 0.3 is 0 Å². The summed E-state index contributed by atoms with van der Waals surface area (Å²) in [4.78, 5) is 1.38. The van der Waals surface area contributed by atoms with Crippen LogP contribution in [0.15, 0.2) is 47.8 Å². The van der Waals surface area contributed by atoms with Gasteiger partial charge in [-0.25, -0.2) is 0 Å². The van der Waals surface area contributed by atoms with E-state index in [9.17, 15) is 5.11 Å². The van der Waals surface area contributed by atoms with E-state index < -0.39 is 6.10 Å². The lowest BCUT2D eigenvalue weighted by Gasteiger charge is -2.25. The molecule has 23 heavy (non-hydrogen) atoms. The first-order chi connectivity index (χ1) is 11.3. The number of hydrogen-bond donors (Lipinski definition) is 2. The predicted molar refractivity (Wildman–Crippen MR) is 95.0 cm³/mol. The minimum absolute atomic E-state index is 0.318. The molecule has 4 heteroatoms. The second-order valence-corrected chi connectivity index (χ2v) is 7.20. The maximum absolute atomic E-state index is 10.2. The summed E-state index contributed by atoms with van der Waals surface area (Å²) in [5.74, 6) is 1.49. The normalized spacial score (nSPS) is 18.0. The Bertz CT molecular complexity index is 552. The van der Waals surface area contributed by atoms with Gasteiger partial charge < -0.3 is 15.2 Å². The van der Waals surface area contributed by atoms with Gasteiger partial charge in [0, 0.05) is 17.5 Å². The Morgan fingerprint density at radius 2 is 1.91 bits per heavy atom. The number of rotatable bonds is 8. The molecule has 0 radical (unpaired) electrons. The Morgan fingerprint density at radius 1 is 1.13 bits per heavy atom. The SMILES string of the molecule is OC(CNC(c1cccs1)C1CCCC1)COc1ccccc1. The van der Waals surface area contributed by atoms with E-state index in [1.807, 2.05) is 30.3 Å². The van der Waals surface area contributed by atoms with E-state index in [0.29, 0.717) is 25.1 Å². The van der Waals surface area contributed by atoms with Gasteiger partial charge in [0.25, 0.3) is 0 Å². The fraction of sp³-hybridized carbons (Fsp3) is 0.474. The number of hydrogen-bond acceptors (Lipinski definition) is 4. The molecule has 124 valence electrons. The van der Waals surface area contributed by atoms with Crippen molar-refractivity contribution in [1.29, 1.82) is 0 Å². The topological polar surface area (TPSA) is 41.5 Å². The van der Waals surface area contributed by atoms with Crippen LogP contribution in [0.2, 0.25) is 0 Å². The maximum Gasteiger partial charge on any atom is 0.119 e. The molecule has 0 amide bonds. The van der Waals surface area contributed by atoms with E-state index in [0.717, 1.165) is 5.75 Å². The van der Waals surface area contributed by atoms with Gasteiger partial charge in [0.1, 0.15) is 18.5 Å². The zero-order valence-corrected chi connectivity index (χ0v) is 14.2. The Balaban J connectivity index is 1.50. The van der Waals surface area contributed by atoms with Crippen molar-refractivity contribution in [3.05, 3.63) is 52.7 Å². The zero-order valence-electron chi connectivity index (χ0n) is 13.4. The van der Waals surface area contributed by atoms with Crippen LogP contribution >= 0.6 is 11.3 Å². The van der Waals surface area contributed by atoms with Gasteiger partial charge in [0.05, 0.1) is 0 Å². The summed E-state index contributed by atoms with van der Waals surface area (Å²) in [6.07, 6.45) is 4.72. The van der Waals surface area contributed by atoms with Crippen molar-refractivity contribution in [2.45, 2.75) is 37.8 Å². The second kappa shape index (κ2) is 8.48. The number of aliphatic hydroxyl groups excluding tert-OH is 1. The van der Waals surface area contributed by atoms with E-state index in [4.69, 9.17) is 4.74 Å². The van der Waals surface area contributed by atoms with Crippen molar-refractivity contribution in [2.75, 3.05) is 13.2 Å². The predicted octanol–water partition coefficient (Wildman–Crippen LogP) is 4.01. The number of thiophene rings is 1. The standard InChI is InChI=1S/C19H25NO2S/c21-16(14-22-17-9-2-1-3-10-17)13-20-19(15-7-4-5-8-15)18-11-6-12-23-18/h1-3,6,9-12,15-16,19-21H,4-5,7-8,13-14H2. The molecule has 3 nitrogen and oxygen atoms in total. The molecule has 0 spiro atoms. The molecule has 1 aromatic heterocycles. The smallest absolute Gasteiger partial charge is 0.119 e.